The van der Waals surface area contributed by atoms with E-state index in [0.29, 0.717) is 0 Å². The summed E-state index contributed by atoms with van der Waals surface area (Å²) in [5.41, 5.74) is 0.812. The van der Waals surface area contributed by atoms with Crippen molar-refractivity contribution in [2.24, 2.45) is 0 Å². The molecular weight excluding hydrogens is 176 g/mol. The minimum Gasteiger partial charge on any atom is -0.478 e. The summed E-state index contributed by atoms with van der Waals surface area (Å²) >= 11 is 1.41. The van der Waals surface area contributed by atoms with Crippen molar-refractivity contribution < 1.29 is 15.0 Å². The fourth-order valence-electron chi connectivity index (χ4n) is 0.735. The third-order valence-electron chi connectivity index (χ3n) is 1.25. The van der Waals surface area contributed by atoms with Crippen LogP contribution in [0.3, 0.4) is 0 Å². The Morgan fingerprint density at radius 2 is 2.42 bits per heavy atom. The Balaban J connectivity index is 2.70. The molecule has 0 aromatic carbocycles. The van der Waals surface area contributed by atoms with E-state index in [4.69, 9.17) is 10.2 Å². The second-order valence-electron chi connectivity index (χ2n) is 2.18. The number of hydrogen-bond acceptors (Lipinski definition) is 3. The molecule has 64 valence electrons. The van der Waals surface area contributed by atoms with Crippen molar-refractivity contribution in [3.05, 3.63) is 28.0 Å². The van der Waals surface area contributed by atoms with Crippen LogP contribution in [0.25, 0.3) is 6.08 Å². The summed E-state index contributed by atoms with van der Waals surface area (Å²) in [5, 5.41) is 18.8. The summed E-state index contributed by atoms with van der Waals surface area (Å²) < 4.78 is 0. The number of thiophene rings is 1. The highest BCUT2D eigenvalue weighted by Crippen LogP contribution is 2.15. The first-order chi connectivity index (χ1) is 5.72. The average molecular weight is 184 g/mol. The van der Waals surface area contributed by atoms with Crippen LogP contribution in [0.4, 0.5) is 0 Å². The normalized spacial score (nSPS) is 10.8. The van der Waals surface area contributed by atoms with E-state index in [1.807, 2.05) is 0 Å². The van der Waals surface area contributed by atoms with E-state index in [0.717, 1.165) is 16.5 Å². The lowest BCUT2D eigenvalue weighted by Crippen LogP contribution is -1.84. The quantitative estimate of drug-likeness (QED) is 0.697. The molecule has 0 unspecified atom stereocenters. The van der Waals surface area contributed by atoms with Gasteiger partial charge in [-0.25, -0.2) is 4.79 Å². The van der Waals surface area contributed by atoms with Crippen LogP contribution in [0.2, 0.25) is 0 Å². The lowest BCUT2D eigenvalue weighted by molar-refractivity contribution is -0.131. The maximum atomic E-state index is 10.1. The largest absolute Gasteiger partial charge is 0.478 e. The molecule has 0 saturated heterocycles. The first kappa shape index (κ1) is 8.96. The Hall–Kier alpha value is -1.13. The molecule has 0 atom stereocenters. The van der Waals surface area contributed by atoms with Crippen LogP contribution < -0.4 is 0 Å². The molecule has 0 fully saturated rings. The predicted octanol–water partition coefficient (Wildman–Crippen LogP) is 1.34. The molecule has 0 aliphatic rings. The fraction of sp³-hybridized carbons (Fsp3) is 0.125. The van der Waals surface area contributed by atoms with E-state index in [1.165, 1.54) is 17.4 Å². The number of carbonyl (C=O) groups is 1. The van der Waals surface area contributed by atoms with E-state index in [2.05, 4.69) is 0 Å². The number of hydrogen-bond donors (Lipinski definition) is 2. The monoisotopic (exact) mass is 184 g/mol. The summed E-state index contributed by atoms with van der Waals surface area (Å²) in [6.45, 7) is 0.00553. The summed E-state index contributed by atoms with van der Waals surface area (Å²) in [7, 11) is 0. The highest BCUT2D eigenvalue weighted by atomic mass is 32.1. The van der Waals surface area contributed by atoms with Gasteiger partial charge in [-0.1, -0.05) is 0 Å². The van der Waals surface area contributed by atoms with Gasteiger partial charge in [0, 0.05) is 11.0 Å². The zero-order valence-electron chi connectivity index (χ0n) is 6.23. The molecule has 2 N–H and O–H groups in total. The van der Waals surface area contributed by atoms with Gasteiger partial charge in [-0.05, 0) is 23.1 Å². The number of aliphatic hydroxyl groups excluding tert-OH is 1. The number of carboxylic acids is 1. The standard InChI is InChI=1S/C8H8O3S/c9-4-7-3-6(5-12-7)1-2-8(10)11/h1-3,5,9H,4H2,(H,10,11)/b2-1+. The van der Waals surface area contributed by atoms with Gasteiger partial charge in [-0.3, -0.25) is 0 Å². The summed E-state index contributed by atoms with van der Waals surface area (Å²) in [6.07, 6.45) is 2.57. The van der Waals surface area contributed by atoms with Gasteiger partial charge < -0.3 is 10.2 Å². The molecule has 12 heavy (non-hydrogen) atoms. The first-order valence-corrected chi connectivity index (χ1v) is 4.19. The highest BCUT2D eigenvalue weighted by Gasteiger charge is 1.95. The SMILES string of the molecule is O=C(O)/C=C/c1csc(CO)c1. The zero-order valence-corrected chi connectivity index (χ0v) is 7.04. The second kappa shape index (κ2) is 4.04. The van der Waals surface area contributed by atoms with Gasteiger partial charge in [0.2, 0.25) is 0 Å². The Morgan fingerprint density at radius 3 is 2.92 bits per heavy atom. The molecule has 0 bridgehead atoms. The zero-order chi connectivity index (χ0) is 8.97. The van der Waals surface area contributed by atoms with Crippen LogP contribution >= 0.6 is 11.3 Å². The third-order valence-corrected chi connectivity index (χ3v) is 2.19. The van der Waals surface area contributed by atoms with Crippen molar-refractivity contribution in [1.82, 2.24) is 0 Å². The Kier molecular flexibility index (Phi) is 3.01. The maximum Gasteiger partial charge on any atom is 0.328 e. The fourth-order valence-corrected chi connectivity index (χ4v) is 1.45. The summed E-state index contributed by atoms with van der Waals surface area (Å²) in [4.78, 5) is 10.9. The molecule has 0 spiro atoms. The van der Waals surface area contributed by atoms with Crippen LogP contribution in [0.15, 0.2) is 17.5 Å². The van der Waals surface area contributed by atoms with Crippen molar-refractivity contribution in [3.8, 4) is 0 Å². The van der Waals surface area contributed by atoms with Crippen molar-refractivity contribution in [2.75, 3.05) is 0 Å². The van der Waals surface area contributed by atoms with Gasteiger partial charge in [-0.15, -0.1) is 11.3 Å². The van der Waals surface area contributed by atoms with Gasteiger partial charge in [0.25, 0.3) is 0 Å². The molecule has 0 amide bonds. The molecule has 4 heteroatoms. The average Bonchev–Trinajstić information content (AvgIpc) is 2.48. The van der Waals surface area contributed by atoms with Gasteiger partial charge in [0.05, 0.1) is 6.61 Å². The van der Waals surface area contributed by atoms with Crippen molar-refractivity contribution in [3.63, 3.8) is 0 Å². The lowest BCUT2D eigenvalue weighted by Gasteiger charge is -1.82. The maximum absolute atomic E-state index is 10.1. The first-order valence-electron chi connectivity index (χ1n) is 3.31. The second-order valence-corrected chi connectivity index (χ2v) is 3.17. The molecule has 3 nitrogen and oxygen atoms in total. The van der Waals surface area contributed by atoms with E-state index >= 15 is 0 Å². The molecule has 0 aliphatic heterocycles. The molecular formula is C8H8O3S. The smallest absolute Gasteiger partial charge is 0.328 e. The van der Waals surface area contributed by atoms with Gasteiger partial charge in [0.1, 0.15) is 0 Å². The Morgan fingerprint density at radius 1 is 1.67 bits per heavy atom. The predicted molar refractivity (Wildman–Crippen MR) is 46.9 cm³/mol. The van der Waals surface area contributed by atoms with Crippen LogP contribution in [0.5, 0.6) is 0 Å². The minimum atomic E-state index is -0.966. The molecule has 0 radical (unpaired) electrons. The molecule has 0 saturated carbocycles. The topological polar surface area (TPSA) is 57.5 Å². The van der Waals surface area contributed by atoms with Crippen LogP contribution in [0, 0.1) is 0 Å². The number of aliphatic hydroxyl groups is 1. The van der Waals surface area contributed by atoms with E-state index < -0.39 is 5.97 Å². The Bertz CT molecular complexity index is 301. The molecule has 1 rings (SSSR count). The van der Waals surface area contributed by atoms with E-state index in [1.54, 1.807) is 11.4 Å². The summed E-state index contributed by atoms with van der Waals surface area (Å²) in [6, 6.07) is 1.75. The number of rotatable bonds is 3. The van der Waals surface area contributed by atoms with Crippen LogP contribution in [0.1, 0.15) is 10.4 Å². The molecule has 1 aromatic heterocycles. The molecule has 0 aliphatic carbocycles. The van der Waals surface area contributed by atoms with Crippen molar-refractivity contribution >= 4 is 23.4 Å². The highest BCUT2D eigenvalue weighted by molar-refractivity contribution is 7.10. The van der Waals surface area contributed by atoms with Gasteiger partial charge in [-0.2, -0.15) is 0 Å². The van der Waals surface area contributed by atoms with Crippen LogP contribution in [-0.4, -0.2) is 16.2 Å². The van der Waals surface area contributed by atoms with E-state index in [-0.39, 0.29) is 6.61 Å². The molecule has 1 aromatic rings. The van der Waals surface area contributed by atoms with Crippen LogP contribution in [-0.2, 0) is 11.4 Å². The minimum absolute atomic E-state index is 0.00553. The Labute approximate surface area is 73.6 Å². The number of carboxylic acid groups (broad SMARTS) is 1. The number of aliphatic carboxylic acids is 1. The van der Waals surface area contributed by atoms with Crippen molar-refractivity contribution in [2.45, 2.75) is 6.61 Å². The summed E-state index contributed by atoms with van der Waals surface area (Å²) in [5.74, 6) is -0.966. The van der Waals surface area contributed by atoms with Gasteiger partial charge >= 0.3 is 5.97 Å². The lowest BCUT2D eigenvalue weighted by atomic mass is 10.3. The van der Waals surface area contributed by atoms with Gasteiger partial charge in [0.15, 0.2) is 0 Å². The van der Waals surface area contributed by atoms with E-state index in [9.17, 15) is 4.79 Å². The third kappa shape index (κ3) is 2.48. The van der Waals surface area contributed by atoms with Crippen molar-refractivity contribution in [1.29, 1.82) is 0 Å². The molecule has 1 heterocycles.